The largest absolute Gasteiger partial charge is 0.449 e. The van der Waals surface area contributed by atoms with Gasteiger partial charge in [0.1, 0.15) is 5.75 Å². The van der Waals surface area contributed by atoms with Crippen LogP contribution >= 0.6 is 18.2 Å². The topological polar surface area (TPSA) is 24.8 Å². The normalized spacial score (nSPS) is 22.2. The monoisotopic (exact) mass is 300 g/mol. The van der Waals surface area contributed by atoms with Gasteiger partial charge in [-0.15, -0.1) is 0 Å². The quantitative estimate of drug-likeness (QED) is 0.799. The third-order valence-corrected chi connectivity index (χ3v) is 6.72. The number of rotatable bonds is 3. The second kappa shape index (κ2) is 5.64. The molecule has 0 bridgehead atoms. The number of aliphatic imine (C=N–C) groups is 1. The minimum Gasteiger partial charge on any atom is -0.449 e. The van der Waals surface area contributed by atoms with Crippen LogP contribution in [0.15, 0.2) is 35.3 Å². The van der Waals surface area contributed by atoms with Crippen molar-refractivity contribution in [3.05, 3.63) is 30.3 Å². The number of nitrogens with zero attached hydrogens (tertiary/aromatic N) is 2. The second-order valence-corrected chi connectivity index (χ2v) is 10.1. The van der Waals surface area contributed by atoms with E-state index in [-0.39, 0.29) is 0 Å². The van der Waals surface area contributed by atoms with E-state index in [9.17, 15) is 0 Å². The fourth-order valence-electron chi connectivity index (χ4n) is 1.53. The van der Waals surface area contributed by atoms with Crippen LogP contribution in [0.25, 0.3) is 0 Å². The van der Waals surface area contributed by atoms with E-state index < -0.39 is 6.42 Å². The van der Waals surface area contributed by atoms with Crippen molar-refractivity contribution in [2.24, 2.45) is 4.99 Å². The number of hydrogen-bond acceptors (Lipinski definition) is 4. The van der Waals surface area contributed by atoms with Crippen molar-refractivity contribution in [1.29, 1.82) is 0 Å². The smallest absolute Gasteiger partial charge is 0.203 e. The van der Waals surface area contributed by atoms with Crippen molar-refractivity contribution in [2.75, 3.05) is 20.3 Å². The highest BCUT2D eigenvalue weighted by atomic mass is 32.4. The highest BCUT2D eigenvalue weighted by Gasteiger charge is 2.27. The predicted molar refractivity (Wildman–Crippen MR) is 84.4 cm³/mol. The van der Waals surface area contributed by atoms with Crippen molar-refractivity contribution in [1.82, 2.24) is 4.67 Å². The number of para-hydroxylation sites is 1. The van der Waals surface area contributed by atoms with Gasteiger partial charge in [-0.2, -0.15) is 0 Å². The third kappa shape index (κ3) is 3.28. The highest BCUT2D eigenvalue weighted by Crippen LogP contribution is 2.48. The van der Waals surface area contributed by atoms with Gasteiger partial charge in [0.2, 0.25) is 6.42 Å². The molecule has 0 amide bonds. The van der Waals surface area contributed by atoms with Gasteiger partial charge in [0.25, 0.3) is 0 Å². The van der Waals surface area contributed by atoms with Crippen molar-refractivity contribution < 1.29 is 4.52 Å². The van der Waals surface area contributed by atoms with Gasteiger partial charge in [-0.05, 0) is 23.9 Å². The summed E-state index contributed by atoms with van der Waals surface area (Å²) in [6.07, 6.45) is -2.07. The predicted octanol–water partition coefficient (Wildman–Crippen LogP) is 3.43. The maximum Gasteiger partial charge on any atom is 0.203 e. The van der Waals surface area contributed by atoms with Crippen LogP contribution in [0.3, 0.4) is 0 Å². The molecule has 2 rings (SSSR count). The van der Waals surface area contributed by atoms with Crippen LogP contribution < -0.4 is 4.52 Å². The maximum atomic E-state index is 5.97. The molecule has 1 aromatic rings. The molecule has 0 saturated heterocycles. The Labute approximate surface area is 118 Å². The average molecular weight is 300 g/mol. The fraction of sp³-hybridized carbons (Fsp3) is 0.417. The first-order chi connectivity index (χ1) is 8.49. The Bertz CT molecular complexity index is 492. The highest BCUT2D eigenvalue weighted by molar-refractivity contribution is 8.17. The number of thioether (sulfide) groups is 1. The van der Waals surface area contributed by atoms with Crippen LogP contribution in [-0.4, -0.2) is 35.3 Å². The Morgan fingerprint density at radius 1 is 1.44 bits per heavy atom. The van der Waals surface area contributed by atoms with E-state index in [1.54, 1.807) is 11.8 Å². The van der Waals surface area contributed by atoms with Gasteiger partial charge in [-0.25, -0.2) is 0 Å². The summed E-state index contributed by atoms with van der Waals surface area (Å²) in [5.41, 5.74) is 0. The van der Waals surface area contributed by atoms with E-state index in [0.29, 0.717) is 5.25 Å². The van der Waals surface area contributed by atoms with Crippen LogP contribution in [0.1, 0.15) is 6.92 Å². The van der Waals surface area contributed by atoms with E-state index >= 15 is 0 Å². The second-order valence-electron chi connectivity index (χ2n) is 4.28. The molecule has 1 heterocycles. The number of amidine groups is 1. The molecule has 0 radical (unpaired) electrons. The molecule has 1 aliphatic heterocycles. The van der Waals surface area contributed by atoms with Crippen LogP contribution in [-0.2, 0) is 11.8 Å². The summed E-state index contributed by atoms with van der Waals surface area (Å²) in [6, 6.07) is 9.74. The molecule has 0 fully saturated rings. The summed E-state index contributed by atoms with van der Waals surface area (Å²) in [6.45, 7) is 5.03. The van der Waals surface area contributed by atoms with Gasteiger partial charge in [0, 0.05) is 19.0 Å². The van der Waals surface area contributed by atoms with Gasteiger partial charge in [-0.3, -0.25) is 9.66 Å². The SMILES string of the molecule is CC1CN=C(N(C)P(C)(=S)Oc2ccccc2)S1. The van der Waals surface area contributed by atoms with Crippen LogP contribution in [0.2, 0.25) is 0 Å². The zero-order chi connectivity index (χ0) is 13.2. The summed E-state index contributed by atoms with van der Waals surface area (Å²) in [5, 5.41) is 1.54. The zero-order valence-corrected chi connectivity index (χ0v) is 13.3. The van der Waals surface area contributed by atoms with Crippen molar-refractivity contribution in [3.8, 4) is 5.75 Å². The summed E-state index contributed by atoms with van der Waals surface area (Å²) in [7, 11) is 1.98. The molecule has 98 valence electrons. The Morgan fingerprint density at radius 2 is 2.11 bits per heavy atom. The molecule has 0 N–H and O–H groups in total. The van der Waals surface area contributed by atoms with Gasteiger partial charge >= 0.3 is 0 Å². The molecule has 2 unspecified atom stereocenters. The summed E-state index contributed by atoms with van der Waals surface area (Å²) < 4.78 is 8.00. The van der Waals surface area contributed by atoms with Gasteiger partial charge in [-0.1, -0.05) is 36.9 Å². The molecule has 3 nitrogen and oxygen atoms in total. The third-order valence-electron chi connectivity index (χ3n) is 2.63. The van der Waals surface area contributed by atoms with E-state index in [4.69, 9.17) is 16.3 Å². The van der Waals surface area contributed by atoms with Crippen molar-refractivity contribution in [2.45, 2.75) is 12.2 Å². The van der Waals surface area contributed by atoms with Crippen molar-refractivity contribution in [3.63, 3.8) is 0 Å². The molecular weight excluding hydrogens is 283 g/mol. The standard InChI is InChI=1S/C12H17N2OPS2/c1-10-9-13-12(18-10)14(2)16(3,17)15-11-7-5-4-6-8-11/h4-8,10H,9H2,1-3H3. The van der Waals surface area contributed by atoms with Gasteiger partial charge < -0.3 is 4.52 Å². The molecule has 0 aromatic heterocycles. The molecule has 6 heteroatoms. The Balaban J connectivity index is 2.09. The lowest BCUT2D eigenvalue weighted by atomic mass is 10.3. The lowest BCUT2D eigenvalue weighted by Gasteiger charge is -2.29. The summed E-state index contributed by atoms with van der Waals surface area (Å²) in [4.78, 5) is 4.51. The molecule has 0 spiro atoms. The van der Waals surface area contributed by atoms with Gasteiger partial charge in [0.15, 0.2) is 5.17 Å². The summed E-state index contributed by atoms with van der Waals surface area (Å²) >= 11 is 7.41. The molecular formula is C12H17N2OPS2. The van der Waals surface area contributed by atoms with Crippen LogP contribution in [0.5, 0.6) is 5.75 Å². The molecule has 1 aliphatic rings. The molecule has 1 aromatic carbocycles. The average Bonchev–Trinajstić information content (AvgIpc) is 2.75. The van der Waals surface area contributed by atoms with Crippen molar-refractivity contribution >= 4 is 35.2 Å². The fourth-order valence-corrected chi connectivity index (χ4v) is 4.61. The Hall–Kier alpha value is -0.510. The Kier molecular flexibility index (Phi) is 4.36. The summed E-state index contributed by atoms with van der Waals surface area (Å²) in [5.74, 6) is 0.826. The minimum absolute atomic E-state index is 0.536. The first kappa shape index (κ1) is 13.9. The molecule has 0 aliphatic carbocycles. The number of hydrogen-bond donors (Lipinski definition) is 0. The van der Waals surface area contributed by atoms with E-state index in [2.05, 4.69) is 11.9 Å². The van der Waals surface area contributed by atoms with Gasteiger partial charge in [0.05, 0.1) is 6.54 Å². The van der Waals surface area contributed by atoms with E-state index in [0.717, 1.165) is 17.5 Å². The zero-order valence-electron chi connectivity index (χ0n) is 10.7. The molecule has 2 atom stereocenters. The van der Waals surface area contributed by atoms with Crippen LogP contribution in [0.4, 0.5) is 0 Å². The lowest BCUT2D eigenvalue weighted by molar-refractivity contribution is 0.570. The first-order valence-corrected chi connectivity index (χ1v) is 9.76. The van der Waals surface area contributed by atoms with E-state index in [1.165, 1.54) is 0 Å². The number of benzene rings is 1. The Morgan fingerprint density at radius 3 is 2.67 bits per heavy atom. The lowest BCUT2D eigenvalue weighted by Crippen LogP contribution is -2.22. The minimum atomic E-state index is -2.07. The first-order valence-electron chi connectivity index (χ1n) is 5.76. The molecule has 0 saturated carbocycles. The van der Waals surface area contributed by atoms with Crippen LogP contribution in [0, 0.1) is 0 Å². The van der Waals surface area contributed by atoms with E-state index in [1.807, 2.05) is 48.7 Å². The maximum absolute atomic E-state index is 5.97. The molecule has 18 heavy (non-hydrogen) atoms.